The molecule has 2 aromatic carbocycles. The van der Waals surface area contributed by atoms with Crippen LogP contribution in [0.1, 0.15) is 108 Å². The van der Waals surface area contributed by atoms with Gasteiger partial charge in [-0.15, -0.1) is 5.10 Å². The number of carbonyl (C=O) groups is 2. The van der Waals surface area contributed by atoms with Crippen molar-refractivity contribution in [2.24, 2.45) is 0 Å². The van der Waals surface area contributed by atoms with Gasteiger partial charge in [-0.2, -0.15) is 4.68 Å². The maximum atomic E-state index is 12.8. The molecule has 1 heterocycles. The Balaban J connectivity index is 1.53. The van der Waals surface area contributed by atoms with E-state index in [4.69, 9.17) is 4.74 Å². The number of fused-ring (bicyclic) bond motifs is 1. The van der Waals surface area contributed by atoms with Crippen molar-refractivity contribution < 1.29 is 14.3 Å². The predicted octanol–water partition coefficient (Wildman–Crippen LogP) is 7.10. The fraction of sp³-hybridized carbons (Fsp3) is 0.576. The summed E-state index contributed by atoms with van der Waals surface area (Å²) in [6.07, 6.45) is 5.67. The summed E-state index contributed by atoms with van der Waals surface area (Å²) in [7, 11) is 1.76. The topological polar surface area (TPSA) is 89.4 Å². The van der Waals surface area contributed by atoms with Gasteiger partial charge in [0.25, 0.3) is 5.91 Å². The number of unbranched alkanes of at least 4 members (excludes halogenated alkanes) is 2. The van der Waals surface area contributed by atoms with Crippen LogP contribution in [0.2, 0.25) is 0 Å². The molecule has 0 aliphatic heterocycles. The highest BCUT2D eigenvalue weighted by atomic mass is 16.5. The summed E-state index contributed by atoms with van der Waals surface area (Å²) in [5.41, 5.74) is 4.35. The predicted molar refractivity (Wildman–Crippen MR) is 166 cm³/mol. The first-order valence-corrected chi connectivity index (χ1v) is 15.1. The van der Waals surface area contributed by atoms with Gasteiger partial charge < -0.3 is 15.0 Å². The average molecular weight is 564 g/mol. The van der Waals surface area contributed by atoms with E-state index in [2.05, 4.69) is 82.3 Å². The van der Waals surface area contributed by atoms with Crippen molar-refractivity contribution in [3.8, 4) is 5.75 Å². The zero-order chi connectivity index (χ0) is 30.2. The van der Waals surface area contributed by atoms with Crippen molar-refractivity contribution in [2.75, 3.05) is 26.7 Å². The fourth-order valence-corrected chi connectivity index (χ4v) is 4.57. The highest BCUT2D eigenvalue weighted by Crippen LogP contribution is 2.38. The molecule has 1 N–H and O–H groups in total. The van der Waals surface area contributed by atoms with Crippen molar-refractivity contribution in [1.29, 1.82) is 0 Å². The number of carbonyl (C=O) groups excluding carboxylic acids is 2. The minimum atomic E-state index is -0.230. The summed E-state index contributed by atoms with van der Waals surface area (Å²) in [5.74, 6) is 0.780. The third kappa shape index (κ3) is 7.86. The van der Waals surface area contributed by atoms with E-state index in [1.165, 1.54) is 15.8 Å². The van der Waals surface area contributed by atoms with E-state index in [1.807, 2.05) is 0 Å². The average Bonchev–Trinajstić information content (AvgIpc) is 3.40. The highest BCUT2D eigenvalue weighted by molar-refractivity contribution is 5.98. The van der Waals surface area contributed by atoms with Crippen molar-refractivity contribution in [3.63, 3.8) is 0 Å². The van der Waals surface area contributed by atoms with E-state index in [9.17, 15) is 9.59 Å². The van der Waals surface area contributed by atoms with Gasteiger partial charge in [-0.05, 0) is 72.8 Å². The molecule has 0 atom stereocenters. The summed E-state index contributed by atoms with van der Waals surface area (Å²) < 4.78 is 7.55. The fourth-order valence-electron chi connectivity index (χ4n) is 4.57. The zero-order valence-electron chi connectivity index (χ0n) is 26.3. The monoisotopic (exact) mass is 563 g/mol. The molecule has 8 nitrogen and oxygen atoms in total. The third-order valence-electron chi connectivity index (χ3n) is 8.43. The first kappa shape index (κ1) is 32.1. The Morgan fingerprint density at radius 1 is 0.951 bits per heavy atom. The Morgan fingerprint density at radius 3 is 2.37 bits per heavy atom. The largest absolute Gasteiger partial charge is 0.493 e. The molecule has 0 spiro atoms. The lowest BCUT2D eigenvalue weighted by Gasteiger charge is -2.30. The number of benzene rings is 2. The van der Waals surface area contributed by atoms with Crippen LogP contribution in [0.5, 0.6) is 5.75 Å². The molecule has 1 aromatic heterocycles. The normalized spacial score (nSPS) is 12.0. The second-order valence-electron chi connectivity index (χ2n) is 12.3. The van der Waals surface area contributed by atoms with Gasteiger partial charge in [0.15, 0.2) is 0 Å². The van der Waals surface area contributed by atoms with Crippen LogP contribution in [0.3, 0.4) is 0 Å². The van der Waals surface area contributed by atoms with E-state index in [0.717, 1.165) is 44.3 Å². The molecular formula is C33H49N5O3. The van der Waals surface area contributed by atoms with E-state index < -0.39 is 0 Å². The maximum Gasteiger partial charge on any atom is 0.346 e. The van der Waals surface area contributed by atoms with E-state index in [-0.39, 0.29) is 22.8 Å². The first-order valence-electron chi connectivity index (χ1n) is 15.1. The smallest absolute Gasteiger partial charge is 0.346 e. The Hall–Kier alpha value is -3.42. The summed E-state index contributed by atoms with van der Waals surface area (Å²) in [6.45, 7) is 17.5. The molecule has 3 aromatic rings. The van der Waals surface area contributed by atoms with Gasteiger partial charge in [0.05, 0.1) is 12.1 Å². The number of amides is 2. The molecule has 0 radical (unpaired) electrons. The van der Waals surface area contributed by atoms with Crippen LogP contribution in [0.15, 0.2) is 36.4 Å². The quantitative estimate of drug-likeness (QED) is 0.211. The zero-order valence-corrected chi connectivity index (χ0v) is 26.3. The van der Waals surface area contributed by atoms with Crippen LogP contribution < -0.4 is 10.1 Å². The summed E-state index contributed by atoms with van der Waals surface area (Å²) in [5, 5.41) is 11.1. The van der Waals surface area contributed by atoms with Crippen LogP contribution in [-0.4, -0.2) is 58.6 Å². The molecule has 0 saturated carbocycles. The van der Waals surface area contributed by atoms with Gasteiger partial charge in [0, 0.05) is 31.3 Å². The van der Waals surface area contributed by atoms with Gasteiger partial charge in [0.1, 0.15) is 11.3 Å². The lowest BCUT2D eigenvalue weighted by molar-refractivity contribution is 0.0952. The summed E-state index contributed by atoms with van der Waals surface area (Å²) in [4.78, 5) is 27.1. The molecule has 2 amide bonds. The number of rotatable bonds is 14. The van der Waals surface area contributed by atoms with Gasteiger partial charge >= 0.3 is 6.03 Å². The Morgan fingerprint density at radius 2 is 1.68 bits per heavy atom. The third-order valence-corrected chi connectivity index (χ3v) is 8.43. The van der Waals surface area contributed by atoms with Gasteiger partial charge in [-0.3, -0.25) is 4.79 Å². The maximum absolute atomic E-state index is 12.8. The molecule has 0 fully saturated rings. The number of hydrogen-bond donors (Lipinski definition) is 1. The number of hydrogen-bond acceptors (Lipinski definition) is 5. The van der Waals surface area contributed by atoms with Crippen molar-refractivity contribution in [2.45, 2.75) is 97.8 Å². The van der Waals surface area contributed by atoms with Gasteiger partial charge in [-0.1, -0.05) is 72.2 Å². The Kier molecular flexibility index (Phi) is 10.9. The molecule has 0 bridgehead atoms. The number of ether oxygens (including phenoxy) is 1. The SMILES string of the molecule is CCCCN(C)C(=O)n1nnc2cc(C(=O)NCCCCOc3ccc(C(C)(C)CC)cc3C(C)(C)CC)ccc21. The van der Waals surface area contributed by atoms with Gasteiger partial charge in [0.2, 0.25) is 0 Å². The minimum absolute atomic E-state index is 0.0217. The van der Waals surface area contributed by atoms with E-state index in [1.54, 1.807) is 30.1 Å². The standard InChI is InChI=1S/C33H49N5O3/c1-9-12-20-37(8)31(40)38-28-17-15-24(22-27(28)35-36-38)30(39)34-19-13-14-21-41-29-18-16-25(32(4,5)10-2)23-26(29)33(6,7)11-3/h15-18,22-23H,9-14,19-21H2,1-8H3,(H,34,39). The molecule has 0 saturated heterocycles. The molecule has 0 aliphatic carbocycles. The highest BCUT2D eigenvalue weighted by Gasteiger charge is 2.26. The number of aromatic nitrogens is 3. The molecular weight excluding hydrogens is 514 g/mol. The summed E-state index contributed by atoms with van der Waals surface area (Å²) >= 11 is 0. The van der Waals surface area contributed by atoms with E-state index >= 15 is 0 Å². The van der Waals surface area contributed by atoms with Crippen LogP contribution in [0, 0.1) is 0 Å². The molecule has 0 unspecified atom stereocenters. The molecule has 3 rings (SSSR count). The number of nitrogens with one attached hydrogen (secondary N) is 1. The lowest BCUT2D eigenvalue weighted by Crippen LogP contribution is -2.32. The second-order valence-corrected chi connectivity index (χ2v) is 12.3. The van der Waals surface area contributed by atoms with Crippen LogP contribution in [0.4, 0.5) is 4.79 Å². The first-order chi connectivity index (χ1) is 19.4. The molecule has 8 heteroatoms. The minimum Gasteiger partial charge on any atom is -0.493 e. The van der Waals surface area contributed by atoms with Crippen molar-refractivity contribution >= 4 is 23.0 Å². The van der Waals surface area contributed by atoms with Crippen molar-refractivity contribution in [1.82, 2.24) is 25.2 Å². The molecule has 224 valence electrons. The Labute approximate surface area is 245 Å². The molecule has 0 aliphatic rings. The Bertz CT molecular complexity index is 1330. The van der Waals surface area contributed by atoms with Crippen LogP contribution in [-0.2, 0) is 10.8 Å². The van der Waals surface area contributed by atoms with Crippen molar-refractivity contribution in [3.05, 3.63) is 53.1 Å². The second kappa shape index (κ2) is 14.0. The van der Waals surface area contributed by atoms with Crippen LogP contribution >= 0.6 is 0 Å². The summed E-state index contributed by atoms with van der Waals surface area (Å²) in [6, 6.07) is 11.5. The lowest BCUT2D eigenvalue weighted by atomic mass is 9.76. The molecule has 41 heavy (non-hydrogen) atoms. The van der Waals surface area contributed by atoms with Crippen LogP contribution in [0.25, 0.3) is 11.0 Å². The van der Waals surface area contributed by atoms with Gasteiger partial charge in [-0.25, -0.2) is 4.79 Å². The number of nitrogens with zero attached hydrogens (tertiary/aromatic N) is 4. The van der Waals surface area contributed by atoms with E-state index in [0.29, 0.717) is 36.3 Å².